The molecule has 146 valence electrons. The van der Waals surface area contributed by atoms with Gasteiger partial charge >= 0.3 is 0 Å². The van der Waals surface area contributed by atoms with Crippen LogP contribution in [0.1, 0.15) is 37.4 Å². The van der Waals surface area contributed by atoms with E-state index in [9.17, 15) is 4.79 Å². The van der Waals surface area contributed by atoms with Gasteiger partial charge < -0.3 is 10.6 Å². The quantitative estimate of drug-likeness (QED) is 0.387. The van der Waals surface area contributed by atoms with Crippen molar-refractivity contribution in [2.45, 2.75) is 19.9 Å². The molecule has 2 N–H and O–H groups in total. The van der Waals surface area contributed by atoms with Crippen LogP contribution >= 0.6 is 22.7 Å². The van der Waals surface area contributed by atoms with Gasteiger partial charge in [-0.25, -0.2) is 4.98 Å². The van der Waals surface area contributed by atoms with Crippen LogP contribution in [0.2, 0.25) is 0 Å². The van der Waals surface area contributed by atoms with Gasteiger partial charge in [0.15, 0.2) is 0 Å². The average Bonchev–Trinajstić information content (AvgIpc) is 3.37. The Morgan fingerprint density at radius 3 is 2.55 bits per heavy atom. The van der Waals surface area contributed by atoms with Gasteiger partial charge in [0.1, 0.15) is 10.8 Å². The lowest BCUT2D eigenvalue weighted by atomic mass is 10.1. The van der Waals surface area contributed by atoms with Gasteiger partial charge in [0.25, 0.3) is 5.91 Å². The molecule has 0 bridgehead atoms. The number of aryl methyl sites for hydroxylation is 2. The third-order valence-electron chi connectivity index (χ3n) is 4.47. The lowest BCUT2D eigenvalue weighted by Crippen LogP contribution is -2.16. The molecular formula is C23H21N3OS2. The zero-order valence-electron chi connectivity index (χ0n) is 16.2. The van der Waals surface area contributed by atoms with E-state index in [2.05, 4.69) is 40.1 Å². The summed E-state index contributed by atoms with van der Waals surface area (Å²) in [5.41, 5.74) is 2.65. The van der Waals surface area contributed by atoms with E-state index >= 15 is 0 Å². The van der Waals surface area contributed by atoms with Gasteiger partial charge in [-0.3, -0.25) is 4.79 Å². The topological polar surface area (TPSA) is 54.0 Å². The first-order valence-electron chi connectivity index (χ1n) is 9.30. The minimum Gasteiger partial charge on any atom is -0.358 e. The molecule has 3 aromatic heterocycles. The molecule has 0 fully saturated rings. The van der Waals surface area contributed by atoms with Gasteiger partial charge in [-0.1, -0.05) is 30.3 Å². The van der Waals surface area contributed by atoms with Crippen molar-refractivity contribution >= 4 is 39.4 Å². The Bertz CT molecular complexity index is 1100. The number of thiophene rings is 2. The van der Waals surface area contributed by atoms with Crippen molar-refractivity contribution in [3.63, 3.8) is 0 Å². The molecule has 0 aliphatic carbocycles. The first-order chi connectivity index (χ1) is 14.1. The largest absolute Gasteiger partial charge is 0.358 e. The van der Waals surface area contributed by atoms with Gasteiger partial charge in [-0.05, 0) is 55.6 Å². The number of aromatic nitrogens is 1. The van der Waals surface area contributed by atoms with Crippen LogP contribution in [0.15, 0.2) is 72.1 Å². The maximum Gasteiger partial charge on any atom is 0.256 e. The minimum atomic E-state index is -0.104. The van der Waals surface area contributed by atoms with Crippen LogP contribution in [0, 0.1) is 13.8 Å². The van der Waals surface area contributed by atoms with Crippen molar-refractivity contribution in [2.24, 2.45) is 0 Å². The summed E-state index contributed by atoms with van der Waals surface area (Å²) in [4.78, 5) is 19.7. The fourth-order valence-corrected chi connectivity index (χ4v) is 4.88. The molecule has 4 rings (SSSR count). The Kier molecular flexibility index (Phi) is 5.74. The highest BCUT2D eigenvalue weighted by Crippen LogP contribution is 2.39. The van der Waals surface area contributed by atoms with Crippen molar-refractivity contribution in [2.75, 3.05) is 10.6 Å². The summed E-state index contributed by atoms with van der Waals surface area (Å²) in [6.45, 7) is 4.04. The molecular weight excluding hydrogens is 398 g/mol. The summed E-state index contributed by atoms with van der Waals surface area (Å²) >= 11 is 3.27. The summed E-state index contributed by atoms with van der Waals surface area (Å²) in [5, 5.41) is 9.59. The second-order valence-electron chi connectivity index (χ2n) is 6.72. The molecule has 6 heteroatoms. The summed E-state index contributed by atoms with van der Waals surface area (Å²) in [7, 11) is 0. The minimum absolute atomic E-state index is 0.0969. The number of anilines is 2. The van der Waals surface area contributed by atoms with E-state index in [4.69, 9.17) is 0 Å². The smallest absolute Gasteiger partial charge is 0.256 e. The third-order valence-corrected chi connectivity index (χ3v) is 6.39. The van der Waals surface area contributed by atoms with E-state index in [0.29, 0.717) is 5.56 Å². The van der Waals surface area contributed by atoms with Gasteiger partial charge in [0, 0.05) is 26.6 Å². The number of rotatable bonds is 6. The standard InChI is InChI=1S/C23H21N3OS2/c1-15-8-6-12-20(24-15)25-21(19-11-7-13-28-19)18-14-16(2)29-23(18)26-22(27)17-9-4-3-5-10-17/h3-14,21H,1-2H3,(H,24,25)(H,26,27). The Hall–Kier alpha value is -2.96. The number of pyridine rings is 1. The van der Waals surface area contributed by atoms with Crippen LogP contribution in [0.25, 0.3) is 0 Å². The zero-order valence-corrected chi connectivity index (χ0v) is 17.8. The molecule has 4 nitrogen and oxygen atoms in total. The SMILES string of the molecule is Cc1cccc(NC(c2cccs2)c2cc(C)sc2NC(=O)c2ccccc2)n1. The number of hydrogen-bond donors (Lipinski definition) is 2. The number of nitrogens with zero attached hydrogens (tertiary/aromatic N) is 1. The van der Waals surface area contributed by atoms with Crippen molar-refractivity contribution in [3.8, 4) is 0 Å². The molecule has 1 amide bonds. The lowest BCUT2D eigenvalue weighted by molar-refractivity contribution is 0.102. The van der Waals surface area contributed by atoms with Crippen LogP contribution in [-0.2, 0) is 0 Å². The highest BCUT2D eigenvalue weighted by Gasteiger charge is 2.23. The fraction of sp³-hybridized carbons (Fsp3) is 0.130. The van der Waals surface area contributed by atoms with Crippen LogP contribution in [0.5, 0.6) is 0 Å². The van der Waals surface area contributed by atoms with E-state index in [-0.39, 0.29) is 11.9 Å². The summed E-state index contributed by atoms with van der Waals surface area (Å²) in [6, 6.07) is 21.4. The van der Waals surface area contributed by atoms with Gasteiger partial charge in [-0.2, -0.15) is 0 Å². The van der Waals surface area contributed by atoms with E-state index in [1.54, 1.807) is 22.7 Å². The van der Waals surface area contributed by atoms with Gasteiger partial charge in [0.2, 0.25) is 0 Å². The maximum absolute atomic E-state index is 12.8. The van der Waals surface area contributed by atoms with E-state index in [1.807, 2.05) is 61.5 Å². The van der Waals surface area contributed by atoms with Gasteiger partial charge in [0.05, 0.1) is 6.04 Å². The van der Waals surface area contributed by atoms with Crippen LogP contribution < -0.4 is 10.6 Å². The van der Waals surface area contributed by atoms with Crippen molar-refractivity contribution in [1.82, 2.24) is 4.98 Å². The van der Waals surface area contributed by atoms with E-state index < -0.39 is 0 Å². The molecule has 0 spiro atoms. The molecule has 1 unspecified atom stereocenters. The molecule has 3 heterocycles. The van der Waals surface area contributed by atoms with Crippen LogP contribution in [0.4, 0.5) is 10.8 Å². The second kappa shape index (κ2) is 8.59. The number of carbonyl (C=O) groups is 1. The highest BCUT2D eigenvalue weighted by atomic mass is 32.1. The summed E-state index contributed by atoms with van der Waals surface area (Å²) in [6.07, 6.45) is 0. The number of amides is 1. The molecule has 0 aliphatic heterocycles. The normalized spacial score (nSPS) is 11.8. The molecule has 29 heavy (non-hydrogen) atoms. The zero-order chi connectivity index (χ0) is 20.2. The van der Waals surface area contributed by atoms with E-state index in [0.717, 1.165) is 27.0 Å². The maximum atomic E-state index is 12.8. The summed E-state index contributed by atoms with van der Waals surface area (Å²) < 4.78 is 0. The monoisotopic (exact) mass is 419 g/mol. The summed E-state index contributed by atoms with van der Waals surface area (Å²) in [5.74, 6) is 0.708. The third kappa shape index (κ3) is 4.55. The average molecular weight is 420 g/mol. The Labute approximate surface area is 178 Å². The fourth-order valence-electron chi connectivity index (χ4n) is 3.14. The Balaban J connectivity index is 1.69. The molecule has 1 atom stereocenters. The number of nitrogens with one attached hydrogen (secondary N) is 2. The van der Waals surface area contributed by atoms with Crippen molar-refractivity contribution in [3.05, 3.63) is 98.7 Å². The Morgan fingerprint density at radius 1 is 1.00 bits per heavy atom. The molecule has 0 saturated heterocycles. The number of benzene rings is 1. The van der Waals surface area contributed by atoms with Crippen molar-refractivity contribution < 1.29 is 4.79 Å². The second-order valence-corrected chi connectivity index (χ2v) is 8.95. The lowest BCUT2D eigenvalue weighted by Gasteiger charge is -2.19. The highest BCUT2D eigenvalue weighted by molar-refractivity contribution is 7.16. The molecule has 4 aromatic rings. The molecule has 1 aromatic carbocycles. The first kappa shape index (κ1) is 19.4. The van der Waals surface area contributed by atoms with Crippen molar-refractivity contribution in [1.29, 1.82) is 0 Å². The van der Waals surface area contributed by atoms with Crippen LogP contribution in [0.3, 0.4) is 0 Å². The Morgan fingerprint density at radius 2 is 1.83 bits per heavy atom. The molecule has 0 saturated carbocycles. The number of hydrogen-bond acceptors (Lipinski definition) is 5. The van der Waals surface area contributed by atoms with Crippen LogP contribution in [-0.4, -0.2) is 10.9 Å². The predicted molar refractivity (Wildman–Crippen MR) is 122 cm³/mol. The molecule has 0 radical (unpaired) electrons. The predicted octanol–water partition coefficient (Wildman–Crippen LogP) is 6.28. The molecule has 0 aliphatic rings. The first-order valence-corrected chi connectivity index (χ1v) is 11.0. The van der Waals surface area contributed by atoms with E-state index in [1.165, 1.54) is 4.88 Å². The van der Waals surface area contributed by atoms with Gasteiger partial charge in [-0.15, -0.1) is 22.7 Å². The number of carbonyl (C=O) groups excluding carboxylic acids is 1.